The van der Waals surface area contributed by atoms with Gasteiger partial charge in [0.2, 0.25) is 0 Å². The molecule has 0 saturated heterocycles. The number of hydrogen-bond donors (Lipinski definition) is 1. The summed E-state index contributed by atoms with van der Waals surface area (Å²) < 4.78 is 6.60. The van der Waals surface area contributed by atoms with Crippen LogP contribution in [0.1, 0.15) is 11.1 Å². The summed E-state index contributed by atoms with van der Waals surface area (Å²) in [5.41, 5.74) is 3.21. The van der Waals surface area contributed by atoms with Gasteiger partial charge in [-0.15, -0.1) is 6.42 Å². The van der Waals surface area contributed by atoms with Gasteiger partial charge < -0.3 is 10.1 Å². The third-order valence-electron chi connectivity index (χ3n) is 2.99. The highest BCUT2D eigenvalue weighted by Crippen LogP contribution is 2.25. The maximum Gasteiger partial charge on any atom is 0.148 e. The van der Waals surface area contributed by atoms with E-state index in [-0.39, 0.29) is 6.61 Å². The molecule has 0 fully saturated rings. The Balaban J connectivity index is 2.15. The van der Waals surface area contributed by atoms with Gasteiger partial charge in [-0.1, -0.05) is 33.5 Å². The summed E-state index contributed by atoms with van der Waals surface area (Å²) in [4.78, 5) is 0. The van der Waals surface area contributed by atoms with E-state index in [1.165, 1.54) is 0 Å². The van der Waals surface area contributed by atoms with E-state index in [1.807, 2.05) is 24.3 Å². The molecule has 108 valence electrons. The van der Waals surface area contributed by atoms with Gasteiger partial charge in [0.1, 0.15) is 12.4 Å². The van der Waals surface area contributed by atoms with E-state index in [0.29, 0.717) is 11.6 Å². The first kappa shape index (κ1) is 15.8. The number of ether oxygens (including phenoxy) is 1. The molecule has 1 N–H and O–H groups in total. The van der Waals surface area contributed by atoms with Crippen molar-refractivity contribution in [2.45, 2.75) is 13.5 Å². The van der Waals surface area contributed by atoms with Crippen LogP contribution in [0.2, 0.25) is 5.02 Å². The number of benzene rings is 2. The van der Waals surface area contributed by atoms with Crippen LogP contribution in [-0.4, -0.2) is 6.61 Å². The van der Waals surface area contributed by atoms with Crippen molar-refractivity contribution in [2.75, 3.05) is 11.9 Å². The SMILES string of the molecule is C#CCOc1ccc(Cl)cc1CNc1ccc(Br)cc1C. The molecule has 0 spiro atoms. The molecule has 0 heterocycles. The third-order valence-corrected chi connectivity index (χ3v) is 3.72. The maximum absolute atomic E-state index is 6.05. The summed E-state index contributed by atoms with van der Waals surface area (Å²) in [6.07, 6.45) is 5.23. The van der Waals surface area contributed by atoms with Crippen molar-refractivity contribution >= 4 is 33.2 Å². The summed E-state index contributed by atoms with van der Waals surface area (Å²) in [6.45, 7) is 2.91. The van der Waals surface area contributed by atoms with Crippen molar-refractivity contribution in [3.63, 3.8) is 0 Å². The zero-order valence-corrected chi connectivity index (χ0v) is 14.0. The molecule has 2 aromatic carbocycles. The minimum absolute atomic E-state index is 0.242. The first-order valence-electron chi connectivity index (χ1n) is 6.45. The van der Waals surface area contributed by atoms with Gasteiger partial charge in [0.25, 0.3) is 0 Å². The molecule has 2 nitrogen and oxygen atoms in total. The molecule has 0 bridgehead atoms. The second-order valence-electron chi connectivity index (χ2n) is 4.56. The molecule has 2 aromatic rings. The Hall–Kier alpha value is -1.63. The molecule has 0 saturated carbocycles. The zero-order valence-electron chi connectivity index (χ0n) is 11.6. The summed E-state index contributed by atoms with van der Waals surface area (Å²) in [7, 11) is 0. The molecule has 4 heteroatoms. The highest BCUT2D eigenvalue weighted by Gasteiger charge is 2.06. The Morgan fingerprint density at radius 1 is 1.29 bits per heavy atom. The molecule has 0 aliphatic heterocycles. The molecule has 0 aliphatic carbocycles. The van der Waals surface area contributed by atoms with Crippen LogP contribution in [-0.2, 0) is 6.54 Å². The van der Waals surface area contributed by atoms with Crippen LogP contribution < -0.4 is 10.1 Å². The molecule has 0 radical (unpaired) electrons. The third kappa shape index (κ3) is 4.42. The van der Waals surface area contributed by atoms with E-state index < -0.39 is 0 Å². The summed E-state index contributed by atoms with van der Waals surface area (Å²) in [6, 6.07) is 11.6. The molecule has 21 heavy (non-hydrogen) atoms. The fourth-order valence-corrected chi connectivity index (χ4v) is 2.63. The van der Waals surface area contributed by atoms with E-state index in [2.05, 4.69) is 40.2 Å². The highest BCUT2D eigenvalue weighted by atomic mass is 79.9. The van der Waals surface area contributed by atoms with Crippen LogP contribution in [0.15, 0.2) is 40.9 Å². The van der Waals surface area contributed by atoms with Crippen molar-refractivity contribution in [1.29, 1.82) is 0 Å². The first-order chi connectivity index (χ1) is 10.1. The average Bonchev–Trinajstić information content (AvgIpc) is 2.45. The lowest BCUT2D eigenvalue weighted by atomic mass is 10.1. The predicted molar refractivity (Wildman–Crippen MR) is 92.0 cm³/mol. The minimum Gasteiger partial charge on any atom is -0.481 e. The van der Waals surface area contributed by atoms with E-state index in [4.69, 9.17) is 22.8 Å². The van der Waals surface area contributed by atoms with Gasteiger partial charge in [-0.2, -0.15) is 0 Å². The second-order valence-corrected chi connectivity index (χ2v) is 5.91. The number of aryl methyl sites for hydroxylation is 1. The number of anilines is 1. The molecule has 0 aromatic heterocycles. The first-order valence-corrected chi connectivity index (χ1v) is 7.62. The Morgan fingerprint density at radius 2 is 2.10 bits per heavy atom. The van der Waals surface area contributed by atoms with E-state index in [9.17, 15) is 0 Å². The van der Waals surface area contributed by atoms with Gasteiger partial charge in [0, 0.05) is 27.3 Å². The lowest BCUT2D eigenvalue weighted by Crippen LogP contribution is -2.04. The van der Waals surface area contributed by atoms with E-state index in [1.54, 1.807) is 6.07 Å². The Morgan fingerprint density at radius 3 is 2.81 bits per heavy atom. The monoisotopic (exact) mass is 363 g/mol. The summed E-state index contributed by atoms with van der Waals surface area (Å²) in [5.74, 6) is 3.22. The van der Waals surface area contributed by atoms with Gasteiger partial charge in [-0.05, 0) is 48.9 Å². The topological polar surface area (TPSA) is 21.3 Å². The van der Waals surface area contributed by atoms with Crippen LogP contribution in [0.5, 0.6) is 5.75 Å². The van der Waals surface area contributed by atoms with Crippen LogP contribution in [0.4, 0.5) is 5.69 Å². The average molecular weight is 365 g/mol. The van der Waals surface area contributed by atoms with E-state index >= 15 is 0 Å². The van der Waals surface area contributed by atoms with Gasteiger partial charge in [0.05, 0.1) is 0 Å². The van der Waals surface area contributed by atoms with E-state index in [0.717, 1.165) is 27.0 Å². The molecular weight excluding hydrogens is 350 g/mol. The molecule has 0 unspecified atom stereocenters. The fraction of sp³-hybridized carbons (Fsp3) is 0.176. The van der Waals surface area contributed by atoms with Gasteiger partial charge in [0.15, 0.2) is 0 Å². The largest absolute Gasteiger partial charge is 0.481 e. The predicted octanol–water partition coefficient (Wildman–Crippen LogP) is 5.04. The van der Waals surface area contributed by atoms with Crippen molar-refractivity contribution in [2.24, 2.45) is 0 Å². The molecule has 2 rings (SSSR count). The quantitative estimate of drug-likeness (QED) is 0.751. The maximum atomic E-state index is 6.05. The van der Waals surface area contributed by atoms with Crippen LogP contribution in [0, 0.1) is 19.3 Å². The van der Waals surface area contributed by atoms with Crippen molar-refractivity contribution in [1.82, 2.24) is 0 Å². The molecule has 0 atom stereocenters. The number of terminal acetylenes is 1. The second kappa shape index (κ2) is 7.40. The van der Waals surface area contributed by atoms with Crippen LogP contribution >= 0.6 is 27.5 Å². The Labute approximate surface area is 138 Å². The molecule has 0 aliphatic rings. The van der Waals surface area contributed by atoms with Crippen LogP contribution in [0.3, 0.4) is 0 Å². The lowest BCUT2D eigenvalue weighted by molar-refractivity contribution is 0.366. The number of nitrogens with one attached hydrogen (secondary N) is 1. The number of halogens is 2. The van der Waals surface area contributed by atoms with Gasteiger partial charge in [-0.25, -0.2) is 0 Å². The van der Waals surface area contributed by atoms with Crippen LogP contribution in [0.25, 0.3) is 0 Å². The Bertz CT molecular complexity index is 679. The molecular formula is C17H15BrClNO. The number of rotatable bonds is 5. The normalized spacial score (nSPS) is 10.0. The minimum atomic E-state index is 0.242. The highest BCUT2D eigenvalue weighted by molar-refractivity contribution is 9.10. The van der Waals surface area contributed by atoms with Crippen molar-refractivity contribution in [3.8, 4) is 18.1 Å². The molecule has 0 amide bonds. The van der Waals surface area contributed by atoms with Crippen molar-refractivity contribution < 1.29 is 4.74 Å². The summed E-state index contributed by atoms with van der Waals surface area (Å²) in [5, 5.41) is 4.06. The van der Waals surface area contributed by atoms with Gasteiger partial charge in [-0.3, -0.25) is 0 Å². The fourth-order valence-electron chi connectivity index (χ4n) is 1.96. The lowest BCUT2D eigenvalue weighted by Gasteiger charge is -2.13. The number of hydrogen-bond acceptors (Lipinski definition) is 2. The summed E-state index contributed by atoms with van der Waals surface area (Å²) >= 11 is 9.51. The van der Waals surface area contributed by atoms with Gasteiger partial charge >= 0.3 is 0 Å². The smallest absolute Gasteiger partial charge is 0.148 e. The van der Waals surface area contributed by atoms with Crippen molar-refractivity contribution in [3.05, 3.63) is 57.0 Å². The zero-order chi connectivity index (χ0) is 15.2. The standard InChI is InChI=1S/C17H15BrClNO/c1-3-8-21-17-7-5-15(19)10-13(17)11-20-16-6-4-14(18)9-12(16)2/h1,4-7,9-10,20H,8,11H2,2H3. The Kier molecular flexibility index (Phi) is 5.55.